The second-order valence-corrected chi connectivity index (χ2v) is 4.99. The molecule has 0 unspecified atom stereocenters. The molecule has 105 valence electrons. The molecule has 0 atom stereocenters. The molecule has 0 fully saturated rings. The van der Waals surface area contributed by atoms with E-state index in [0.29, 0.717) is 13.0 Å². The third-order valence-electron chi connectivity index (χ3n) is 3.24. The van der Waals surface area contributed by atoms with Gasteiger partial charge in [0.05, 0.1) is 0 Å². The number of hydrogen-bond donors (Lipinski definition) is 1. The lowest BCUT2D eigenvalue weighted by Gasteiger charge is -2.05. The molecule has 0 aliphatic carbocycles. The maximum atomic E-state index is 11.6. The lowest BCUT2D eigenvalue weighted by Crippen LogP contribution is -2.22. The van der Waals surface area contributed by atoms with Crippen molar-refractivity contribution in [2.75, 3.05) is 0 Å². The van der Waals surface area contributed by atoms with Crippen LogP contribution in [0, 0.1) is 6.92 Å². The van der Waals surface area contributed by atoms with Crippen molar-refractivity contribution < 1.29 is 4.79 Å². The van der Waals surface area contributed by atoms with E-state index in [4.69, 9.17) is 0 Å². The molecule has 1 radical (unpaired) electrons. The summed E-state index contributed by atoms with van der Waals surface area (Å²) < 4.78 is 0. The van der Waals surface area contributed by atoms with E-state index in [9.17, 15) is 4.79 Å². The number of carbonyl (C=O) groups excluding carboxylic acids is 1. The highest BCUT2D eigenvalue weighted by molar-refractivity contribution is 5.75. The summed E-state index contributed by atoms with van der Waals surface area (Å²) in [5.74, 6) is 0.168. The molecule has 0 heterocycles. The lowest BCUT2D eigenvalue weighted by atomic mass is 10.1. The predicted octanol–water partition coefficient (Wildman–Crippen LogP) is 4.26. The summed E-state index contributed by atoms with van der Waals surface area (Å²) >= 11 is 0. The van der Waals surface area contributed by atoms with Gasteiger partial charge in [-0.25, -0.2) is 0 Å². The Kier molecular flexibility index (Phi) is 8.78. The van der Waals surface area contributed by atoms with E-state index in [2.05, 4.69) is 12.2 Å². The van der Waals surface area contributed by atoms with Gasteiger partial charge in [0.1, 0.15) is 0 Å². The largest absolute Gasteiger partial charge is 0.352 e. The van der Waals surface area contributed by atoms with Gasteiger partial charge in [-0.15, -0.1) is 0 Å². The zero-order valence-electron chi connectivity index (χ0n) is 11.9. The molecule has 0 aliphatic heterocycles. The summed E-state index contributed by atoms with van der Waals surface area (Å²) in [5.41, 5.74) is 1.16. The van der Waals surface area contributed by atoms with Crippen LogP contribution in [0.5, 0.6) is 0 Å². The normalized spacial score (nSPS) is 10.4. The molecular weight excluding hydrogens is 234 g/mol. The van der Waals surface area contributed by atoms with E-state index in [1.807, 2.05) is 30.3 Å². The van der Waals surface area contributed by atoms with E-state index in [-0.39, 0.29) is 5.91 Å². The fourth-order valence-electron chi connectivity index (χ4n) is 2.05. The Morgan fingerprint density at radius 2 is 1.58 bits per heavy atom. The minimum atomic E-state index is 0.168. The van der Waals surface area contributed by atoms with E-state index in [1.54, 1.807) is 0 Å². The SMILES string of the molecule is [CH2]CCCCCCCCC(=O)NCc1ccccc1. The molecule has 1 amide bonds. The minimum absolute atomic E-state index is 0.168. The van der Waals surface area contributed by atoms with Crippen LogP contribution in [0.1, 0.15) is 56.9 Å². The molecule has 2 heteroatoms. The number of carbonyl (C=O) groups is 1. The van der Waals surface area contributed by atoms with Crippen molar-refractivity contribution in [2.24, 2.45) is 0 Å². The number of benzene rings is 1. The lowest BCUT2D eigenvalue weighted by molar-refractivity contribution is -0.121. The summed E-state index contributed by atoms with van der Waals surface area (Å²) in [6, 6.07) is 10.0. The van der Waals surface area contributed by atoms with Crippen molar-refractivity contribution in [2.45, 2.75) is 57.9 Å². The van der Waals surface area contributed by atoms with E-state index < -0.39 is 0 Å². The van der Waals surface area contributed by atoms with Crippen LogP contribution in [0.3, 0.4) is 0 Å². The highest BCUT2D eigenvalue weighted by atomic mass is 16.1. The first-order chi connectivity index (χ1) is 9.33. The highest BCUT2D eigenvalue weighted by Gasteiger charge is 2.00. The zero-order chi connectivity index (χ0) is 13.8. The summed E-state index contributed by atoms with van der Waals surface area (Å²) in [6.45, 7) is 4.48. The smallest absolute Gasteiger partial charge is 0.220 e. The molecule has 0 aromatic heterocycles. The third-order valence-corrected chi connectivity index (χ3v) is 3.24. The summed E-state index contributed by atoms with van der Waals surface area (Å²) in [4.78, 5) is 11.6. The first kappa shape index (κ1) is 15.7. The van der Waals surface area contributed by atoms with Gasteiger partial charge in [0.15, 0.2) is 0 Å². The van der Waals surface area contributed by atoms with E-state index in [1.165, 1.54) is 25.7 Å². The van der Waals surface area contributed by atoms with Gasteiger partial charge < -0.3 is 5.32 Å². The maximum absolute atomic E-state index is 11.6. The first-order valence-electron chi connectivity index (χ1n) is 7.43. The average molecular weight is 260 g/mol. The van der Waals surface area contributed by atoms with Gasteiger partial charge in [0.2, 0.25) is 5.91 Å². The fraction of sp³-hybridized carbons (Fsp3) is 0.529. The number of nitrogens with one attached hydrogen (secondary N) is 1. The molecular formula is C17H26NO. The summed E-state index contributed by atoms with van der Waals surface area (Å²) in [5, 5.41) is 2.96. The Bertz CT molecular complexity index is 334. The number of rotatable bonds is 10. The van der Waals surface area contributed by atoms with Crippen LogP contribution < -0.4 is 5.32 Å². The van der Waals surface area contributed by atoms with Gasteiger partial charge >= 0.3 is 0 Å². The molecule has 1 aromatic carbocycles. The van der Waals surface area contributed by atoms with E-state index in [0.717, 1.165) is 24.8 Å². The first-order valence-corrected chi connectivity index (χ1v) is 7.43. The fourth-order valence-corrected chi connectivity index (χ4v) is 2.05. The van der Waals surface area contributed by atoms with Crippen molar-refractivity contribution in [3.8, 4) is 0 Å². The molecule has 2 nitrogen and oxygen atoms in total. The third kappa shape index (κ3) is 8.41. The van der Waals surface area contributed by atoms with Crippen molar-refractivity contribution in [1.82, 2.24) is 5.32 Å². The van der Waals surface area contributed by atoms with Crippen molar-refractivity contribution in [1.29, 1.82) is 0 Å². The summed E-state index contributed by atoms with van der Waals surface area (Å²) in [6.07, 6.45) is 8.90. The van der Waals surface area contributed by atoms with Crippen LogP contribution in [-0.4, -0.2) is 5.91 Å². The molecule has 19 heavy (non-hydrogen) atoms. The predicted molar refractivity (Wildman–Crippen MR) is 80.6 cm³/mol. The average Bonchev–Trinajstić information content (AvgIpc) is 2.45. The number of amides is 1. The van der Waals surface area contributed by atoms with Gasteiger partial charge in [0.25, 0.3) is 0 Å². The Labute approximate surface area is 117 Å². The standard InChI is InChI=1S/C17H26NO/c1-2-3-4-5-6-7-11-14-17(19)18-15-16-12-9-8-10-13-16/h8-10,12-13H,1-7,11,14-15H2,(H,18,19). The highest BCUT2D eigenvalue weighted by Crippen LogP contribution is 2.08. The molecule has 0 bridgehead atoms. The van der Waals surface area contributed by atoms with Crippen LogP contribution in [-0.2, 0) is 11.3 Å². The number of unbranched alkanes of at least 4 members (excludes halogenated alkanes) is 6. The van der Waals surface area contributed by atoms with Crippen LogP contribution in [0.25, 0.3) is 0 Å². The topological polar surface area (TPSA) is 29.1 Å². The van der Waals surface area contributed by atoms with Crippen LogP contribution in [0.2, 0.25) is 0 Å². The Morgan fingerprint density at radius 1 is 0.947 bits per heavy atom. The Hall–Kier alpha value is -1.31. The van der Waals surface area contributed by atoms with Crippen molar-refractivity contribution >= 4 is 5.91 Å². The van der Waals surface area contributed by atoms with Crippen LogP contribution in [0.15, 0.2) is 30.3 Å². The van der Waals surface area contributed by atoms with Crippen molar-refractivity contribution in [3.63, 3.8) is 0 Å². The van der Waals surface area contributed by atoms with Gasteiger partial charge in [-0.1, -0.05) is 75.8 Å². The molecule has 0 aliphatic rings. The zero-order valence-corrected chi connectivity index (χ0v) is 11.9. The van der Waals surface area contributed by atoms with Gasteiger partial charge in [-0.3, -0.25) is 4.79 Å². The van der Waals surface area contributed by atoms with E-state index >= 15 is 0 Å². The van der Waals surface area contributed by atoms with Gasteiger partial charge in [-0.2, -0.15) is 0 Å². The number of hydrogen-bond acceptors (Lipinski definition) is 1. The second-order valence-electron chi connectivity index (χ2n) is 4.99. The molecule has 1 N–H and O–H groups in total. The van der Waals surface area contributed by atoms with Gasteiger partial charge in [-0.05, 0) is 12.0 Å². The Morgan fingerprint density at radius 3 is 2.26 bits per heavy atom. The molecule has 0 saturated heterocycles. The molecule has 1 aromatic rings. The van der Waals surface area contributed by atoms with Crippen molar-refractivity contribution in [3.05, 3.63) is 42.8 Å². The summed E-state index contributed by atoms with van der Waals surface area (Å²) in [7, 11) is 0. The van der Waals surface area contributed by atoms with Gasteiger partial charge in [0, 0.05) is 13.0 Å². The second kappa shape index (κ2) is 10.6. The monoisotopic (exact) mass is 260 g/mol. The van der Waals surface area contributed by atoms with Crippen LogP contribution >= 0.6 is 0 Å². The quantitative estimate of drug-likeness (QED) is 0.626. The van der Waals surface area contributed by atoms with Crippen LogP contribution in [0.4, 0.5) is 0 Å². The Balaban J connectivity index is 1.96. The molecule has 0 spiro atoms. The maximum Gasteiger partial charge on any atom is 0.220 e. The molecule has 1 rings (SSSR count). The molecule has 0 saturated carbocycles. The minimum Gasteiger partial charge on any atom is -0.352 e.